The van der Waals surface area contributed by atoms with Crippen LogP contribution in [0.1, 0.15) is 18.9 Å². The molecule has 0 saturated heterocycles. The number of nitrogens with one attached hydrogen (secondary N) is 1. The van der Waals surface area contributed by atoms with Crippen molar-refractivity contribution in [3.8, 4) is 0 Å². The molecule has 0 fully saturated rings. The first-order chi connectivity index (χ1) is 9.28. The van der Waals surface area contributed by atoms with E-state index in [4.69, 9.17) is 0 Å². The van der Waals surface area contributed by atoms with E-state index in [1.807, 2.05) is 18.3 Å². The fourth-order valence-corrected chi connectivity index (χ4v) is 2.47. The average Bonchev–Trinajstić information content (AvgIpc) is 2.44. The number of nitrogens with zero attached hydrogens (tertiary/aromatic N) is 1. The summed E-state index contributed by atoms with van der Waals surface area (Å²) < 4.78 is 13.0. The van der Waals surface area contributed by atoms with Crippen LogP contribution in [0, 0.1) is 5.82 Å². The molecule has 1 aromatic carbocycles. The number of halogens is 1. The molecule has 0 amide bonds. The fraction of sp³-hybridized carbons (Fsp3) is 0.267. The number of benzene rings is 1. The summed E-state index contributed by atoms with van der Waals surface area (Å²) >= 11 is 1.61. The molecule has 2 nitrogen and oxygen atoms in total. The van der Waals surface area contributed by atoms with Crippen LogP contribution in [-0.2, 0) is 5.75 Å². The summed E-state index contributed by atoms with van der Waals surface area (Å²) in [7, 11) is 0. The molecule has 100 valence electrons. The molecule has 0 bridgehead atoms. The van der Waals surface area contributed by atoms with Crippen LogP contribution >= 0.6 is 11.8 Å². The molecule has 1 heterocycles. The number of anilines is 1. The van der Waals surface area contributed by atoms with Crippen molar-refractivity contribution in [1.82, 2.24) is 4.98 Å². The number of thioether (sulfide) groups is 1. The molecule has 0 atom stereocenters. The minimum absolute atomic E-state index is 0.192. The van der Waals surface area contributed by atoms with Gasteiger partial charge in [0.2, 0.25) is 0 Å². The molecule has 0 aliphatic rings. The van der Waals surface area contributed by atoms with Gasteiger partial charge in [-0.2, -0.15) is 0 Å². The number of aromatic nitrogens is 1. The van der Waals surface area contributed by atoms with Gasteiger partial charge in [0.05, 0.1) is 0 Å². The van der Waals surface area contributed by atoms with E-state index in [1.54, 1.807) is 23.9 Å². The molecule has 0 unspecified atom stereocenters. The second-order valence-electron chi connectivity index (χ2n) is 4.22. The molecule has 0 radical (unpaired) electrons. The van der Waals surface area contributed by atoms with E-state index in [2.05, 4.69) is 23.3 Å². The molecule has 0 aliphatic carbocycles. The molecule has 2 aromatic rings. The van der Waals surface area contributed by atoms with Crippen molar-refractivity contribution in [2.45, 2.75) is 24.0 Å². The molecule has 1 N–H and O–H groups in total. The summed E-state index contributed by atoms with van der Waals surface area (Å²) in [5, 5.41) is 3.24. The summed E-state index contributed by atoms with van der Waals surface area (Å²) in [6, 6.07) is 10.7. The second-order valence-corrected chi connectivity index (χ2v) is 5.27. The van der Waals surface area contributed by atoms with E-state index in [0.29, 0.717) is 0 Å². The number of hydrogen-bond acceptors (Lipinski definition) is 3. The molecule has 0 spiro atoms. The summed E-state index contributed by atoms with van der Waals surface area (Å²) in [5.74, 6) is 1.51. The number of rotatable bonds is 6. The smallest absolute Gasteiger partial charge is 0.125 e. The number of pyridine rings is 1. The van der Waals surface area contributed by atoms with Crippen LogP contribution < -0.4 is 5.32 Å². The predicted octanol–water partition coefficient (Wildman–Crippen LogP) is 4.33. The minimum Gasteiger partial charge on any atom is -0.370 e. The summed E-state index contributed by atoms with van der Waals surface area (Å²) in [4.78, 5) is 5.29. The Morgan fingerprint density at radius 1 is 1.26 bits per heavy atom. The predicted molar refractivity (Wildman–Crippen MR) is 79.0 cm³/mol. The lowest BCUT2D eigenvalue weighted by Gasteiger charge is -2.05. The van der Waals surface area contributed by atoms with Crippen LogP contribution in [0.3, 0.4) is 0 Å². The summed E-state index contributed by atoms with van der Waals surface area (Å²) in [5.41, 5.74) is 1.14. The summed E-state index contributed by atoms with van der Waals surface area (Å²) in [6.07, 6.45) is 2.95. The quantitative estimate of drug-likeness (QED) is 0.795. The molecule has 0 aliphatic heterocycles. The van der Waals surface area contributed by atoms with E-state index in [9.17, 15) is 4.39 Å². The topological polar surface area (TPSA) is 24.9 Å². The lowest BCUT2D eigenvalue weighted by Crippen LogP contribution is -2.01. The van der Waals surface area contributed by atoms with E-state index in [1.165, 1.54) is 6.07 Å². The Balaban J connectivity index is 1.89. The first kappa shape index (κ1) is 13.9. The van der Waals surface area contributed by atoms with Gasteiger partial charge >= 0.3 is 0 Å². The van der Waals surface area contributed by atoms with Gasteiger partial charge in [-0.05, 0) is 36.2 Å². The van der Waals surface area contributed by atoms with Crippen LogP contribution in [-0.4, -0.2) is 11.5 Å². The Labute approximate surface area is 117 Å². The van der Waals surface area contributed by atoms with Gasteiger partial charge in [0.15, 0.2) is 0 Å². The normalized spacial score (nSPS) is 10.4. The minimum atomic E-state index is -0.192. The van der Waals surface area contributed by atoms with Crippen LogP contribution in [0.4, 0.5) is 10.2 Å². The third-order valence-electron chi connectivity index (χ3n) is 2.58. The Hall–Kier alpha value is -1.55. The lowest BCUT2D eigenvalue weighted by molar-refractivity contribution is 0.624. The highest BCUT2D eigenvalue weighted by Crippen LogP contribution is 2.23. The first-order valence-corrected chi connectivity index (χ1v) is 7.33. The molecule has 0 saturated carbocycles. The Morgan fingerprint density at radius 2 is 2.16 bits per heavy atom. The van der Waals surface area contributed by atoms with E-state index < -0.39 is 0 Å². The highest BCUT2D eigenvalue weighted by atomic mass is 32.2. The zero-order valence-corrected chi connectivity index (χ0v) is 11.7. The average molecular weight is 276 g/mol. The van der Waals surface area contributed by atoms with Gasteiger partial charge < -0.3 is 5.32 Å². The van der Waals surface area contributed by atoms with E-state index in [-0.39, 0.29) is 5.82 Å². The monoisotopic (exact) mass is 276 g/mol. The molecular weight excluding hydrogens is 259 g/mol. The standard InChI is InChI=1S/C15H17FN2S/c1-2-8-17-15-7-6-12(10-18-15)11-19-14-5-3-4-13(16)9-14/h3-7,9-10H,2,8,11H2,1H3,(H,17,18). The third-order valence-corrected chi connectivity index (χ3v) is 3.65. The second kappa shape index (κ2) is 7.14. The van der Waals surface area contributed by atoms with Crippen molar-refractivity contribution in [3.63, 3.8) is 0 Å². The van der Waals surface area contributed by atoms with Crippen molar-refractivity contribution in [2.24, 2.45) is 0 Å². The number of hydrogen-bond donors (Lipinski definition) is 1. The van der Waals surface area contributed by atoms with Gasteiger partial charge in [0, 0.05) is 23.4 Å². The maximum absolute atomic E-state index is 13.0. The zero-order chi connectivity index (χ0) is 13.5. The molecule has 2 rings (SSSR count). The molecule has 19 heavy (non-hydrogen) atoms. The van der Waals surface area contributed by atoms with E-state index >= 15 is 0 Å². The van der Waals surface area contributed by atoms with Crippen molar-refractivity contribution in [3.05, 3.63) is 54.0 Å². The Morgan fingerprint density at radius 3 is 2.84 bits per heavy atom. The maximum atomic E-state index is 13.0. The van der Waals surface area contributed by atoms with Crippen LogP contribution in [0.25, 0.3) is 0 Å². The SMILES string of the molecule is CCCNc1ccc(CSc2cccc(F)c2)cn1. The van der Waals surface area contributed by atoms with E-state index in [0.717, 1.165) is 35.0 Å². The molecule has 4 heteroatoms. The fourth-order valence-electron chi connectivity index (χ4n) is 1.59. The summed E-state index contributed by atoms with van der Waals surface area (Å²) in [6.45, 7) is 3.06. The highest BCUT2D eigenvalue weighted by molar-refractivity contribution is 7.98. The van der Waals surface area contributed by atoms with Gasteiger partial charge in [-0.15, -0.1) is 11.8 Å². The van der Waals surface area contributed by atoms with Gasteiger partial charge in [0.1, 0.15) is 11.6 Å². The highest BCUT2D eigenvalue weighted by Gasteiger charge is 1.99. The van der Waals surface area contributed by atoms with Gasteiger partial charge in [-0.3, -0.25) is 0 Å². The van der Waals surface area contributed by atoms with Gasteiger partial charge in [0.25, 0.3) is 0 Å². The van der Waals surface area contributed by atoms with Gasteiger partial charge in [-0.1, -0.05) is 19.1 Å². The Kier molecular flexibility index (Phi) is 5.21. The van der Waals surface area contributed by atoms with Crippen LogP contribution in [0.2, 0.25) is 0 Å². The van der Waals surface area contributed by atoms with Gasteiger partial charge in [-0.25, -0.2) is 9.37 Å². The molecular formula is C15H17FN2S. The lowest BCUT2D eigenvalue weighted by atomic mass is 10.3. The molecule has 1 aromatic heterocycles. The first-order valence-electron chi connectivity index (χ1n) is 6.35. The van der Waals surface area contributed by atoms with Crippen molar-refractivity contribution >= 4 is 17.6 Å². The zero-order valence-electron chi connectivity index (χ0n) is 10.9. The van der Waals surface area contributed by atoms with Crippen molar-refractivity contribution < 1.29 is 4.39 Å². The largest absolute Gasteiger partial charge is 0.370 e. The Bertz CT molecular complexity index is 514. The van der Waals surface area contributed by atoms with Crippen LogP contribution in [0.15, 0.2) is 47.5 Å². The third kappa shape index (κ3) is 4.56. The van der Waals surface area contributed by atoms with Crippen LogP contribution in [0.5, 0.6) is 0 Å². The van der Waals surface area contributed by atoms with Crippen molar-refractivity contribution in [2.75, 3.05) is 11.9 Å². The van der Waals surface area contributed by atoms with Crippen molar-refractivity contribution in [1.29, 1.82) is 0 Å². The maximum Gasteiger partial charge on any atom is 0.125 e.